The Kier molecular flexibility index (Phi) is 6.05. The van der Waals surface area contributed by atoms with Gasteiger partial charge in [-0.05, 0) is 81.1 Å². The molecule has 30 heavy (non-hydrogen) atoms. The van der Waals surface area contributed by atoms with Crippen molar-refractivity contribution in [1.82, 2.24) is 9.80 Å². The maximum absolute atomic E-state index is 13.6. The van der Waals surface area contributed by atoms with E-state index in [1.54, 1.807) is 12.1 Å². The largest absolute Gasteiger partial charge is 0.493 e. The van der Waals surface area contributed by atoms with Crippen molar-refractivity contribution in [2.75, 3.05) is 39.3 Å². The Balaban J connectivity index is 1.36. The van der Waals surface area contributed by atoms with Gasteiger partial charge >= 0.3 is 0 Å². The van der Waals surface area contributed by atoms with E-state index >= 15 is 0 Å². The molecule has 3 aliphatic heterocycles. The highest BCUT2D eigenvalue weighted by molar-refractivity contribution is 5.51. The van der Waals surface area contributed by atoms with Gasteiger partial charge in [0, 0.05) is 30.6 Å². The molecule has 0 aliphatic carbocycles. The second kappa shape index (κ2) is 9.07. The number of rotatable bonds is 6. The monoisotopic (exact) mass is 408 g/mol. The first-order valence-corrected chi connectivity index (χ1v) is 11.8. The first-order chi connectivity index (χ1) is 14.8. The van der Waals surface area contributed by atoms with E-state index in [0.717, 1.165) is 38.4 Å². The summed E-state index contributed by atoms with van der Waals surface area (Å²) in [5, 5.41) is 0. The SMILES string of the molecule is Fc1ccc([C@H]2CN3CCC[C@H]3c3cccc(OCCCN4CCCCC4)c32)cc1. The lowest BCUT2D eigenvalue weighted by Gasteiger charge is -2.38. The molecule has 2 atom stereocenters. The molecule has 3 aliphatic rings. The lowest BCUT2D eigenvalue weighted by molar-refractivity contribution is 0.200. The summed E-state index contributed by atoms with van der Waals surface area (Å²) in [4.78, 5) is 5.18. The zero-order valence-electron chi connectivity index (χ0n) is 17.9. The zero-order valence-corrected chi connectivity index (χ0v) is 17.9. The summed E-state index contributed by atoms with van der Waals surface area (Å²) >= 11 is 0. The Morgan fingerprint density at radius 2 is 1.77 bits per heavy atom. The van der Waals surface area contributed by atoms with Crippen molar-refractivity contribution in [3.63, 3.8) is 0 Å². The van der Waals surface area contributed by atoms with Gasteiger partial charge in [0.2, 0.25) is 0 Å². The molecule has 0 radical (unpaired) electrons. The third kappa shape index (κ3) is 4.13. The molecule has 160 valence electrons. The molecule has 0 bridgehead atoms. The van der Waals surface area contributed by atoms with Gasteiger partial charge in [-0.15, -0.1) is 0 Å². The molecule has 3 nitrogen and oxygen atoms in total. The van der Waals surface area contributed by atoms with E-state index in [0.29, 0.717) is 6.04 Å². The minimum atomic E-state index is -0.170. The fourth-order valence-corrected chi connectivity index (χ4v) is 5.69. The van der Waals surface area contributed by atoms with Gasteiger partial charge in [0.15, 0.2) is 0 Å². The normalized spacial score (nSPS) is 24.4. The second-order valence-electron chi connectivity index (χ2n) is 9.12. The Morgan fingerprint density at radius 1 is 0.933 bits per heavy atom. The number of ether oxygens (including phenoxy) is 1. The Hall–Kier alpha value is -1.91. The summed E-state index contributed by atoms with van der Waals surface area (Å²) in [6.07, 6.45) is 7.60. The summed E-state index contributed by atoms with van der Waals surface area (Å²) in [6, 6.07) is 14.2. The number of piperidine rings is 1. The average Bonchev–Trinajstić information content (AvgIpc) is 3.26. The van der Waals surface area contributed by atoms with Gasteiger partial charge < -0.3 is 9.64 Å². The third-order valence-corrected chi connectivity index (χ3v) is 7.19. The van der Waals surface area contributed by atoms with Crippen LogP contribution in [0.2, 0.25) is 0 Å². The van der Waals surface area contributed by atoms with E-state index in [2.05, 4.69) is 28.0 Å². The molecule has 3 heterocycles. The van der Waals surface area contributed by atoms with E-state index in [-0.39, 0.29) is 11.7 Å². The Bertz CT molecular complexity index is 847. The maximum Gasteiger partial charge on any atom is 0.123 e. The lowest BCUT2D eigenvalue weighted by atomic mass is 9.81. The van der Waals surface area contributed by atoms with Crippen molar-refractivity contribution >= 4 is 0 Å². The standard InChI is InChI=1S/C26H33FN2O/c27-21-12-10-20(11-13-21)23-19-29-17-5-8-24(29)22-7-4-9-25(26(22)23)30-18-6-16-28-14-2-1-3-15-28/h4,7,9-13,23-24H,1-3,5-6,8,14-19H2/t23-,24+/m1/s1. The van der Waals surface area contributed by atoms with Crippen LogP contribution in [0.25, 0.3) is 0 Å². The van der Waals surface area contributed by atoms with Gasteiger partial charge in [-0.1, -0.05) is 30.7 Å². The number of hydrogen-bond acceptors (Lipinski definition) is 3. The van der Waals surface area contributed by atoms with E-state index in [1.807, 2.05) is 12.1 Å². The minimum Gasteiger partial charge on any atom is -0.493 e. The van der Waals surface area contributed by atoms with Crippen molar-refractivity contribution in [1.29, 1.82) is 0 Å². The molecule has 0 saturated carbocycles. The molecule has 0 spiro atoms. The smallest absolute Gasteiger partial charge is 0.123 e. The van der Waals surface area contributed by atoms with Crippen LogP contribution in [0.5, 0.6) is 5.75 Å². The fraction of sp³-hybridized carbons (Fsp3) is 0.538. The van der Waals surface area contributed by atoms with E-state index in [1.165, 1.54) is 61.9 Å². The van der Waals surface area contributed by atoms with Crippen LogP contribution in [0, 0.1) is 5.82 Å². The molecule has 5 rings (SSSR count). The topological polar surface area (TPSA) is 15.7 Å². The predicted octanol–water partition coefficient (Wildman–Crippen LogP) is 5.36. The number of nitrogens with zero attached hydrogens (tertiary/aromatic N) is 2. The van der Waals surface area contributed by atoms with Gasteiger partial charge in [0.25, 0.3) is 0 Å². The third-order valence-electron chi connectivity index (χ3n) is 7.19. The van der Waals surface area contributed by atoms with Crippen LogP contribution in [-0.2, 0) is 0 Å². The van der Waals surface area contributed by atoms with Crippen molar-refractivity contribution in [2.45, 2.75) is 50.5 Å². The van der Waals surface area contributed by atoms with Gasteiger partial charge in [0.05, 0.1) is 6.61 Å². The number of benzene rings is 2. The van der Waals surface area contributed by atoms with Crippen molar-refractivity contribution in [3.8, 4) is 5.75 Å². The van der Waals surface area contributed by atoms with Gasteiger partial charge in [-0.3, -0.25) is 4.90 Å². The predicted molar refractivity (Wildman–Crippen MR) is 119 cm³/mol. The Morgan fingerprint density at radius 3 is 2.60 bits per heavy atom. The zero-order chi connectivity index (χ0) is 20.3. The Labute approximate surface area is 179 Å². The number of likely N-dealkylation sites (tertiary alicyclic amines) is 1. The molecular weight excluding hydrogens is 375 g/mol. The van der Waals surface area contributed by atoms with Crippen molar-refractivity contribution < 1.29 is 9.13 Å². The summed E-state index contributed by atoms with van der Waals surface area (Å²) < 4.78 is 20.0. The minimum absolute atomic E-state index is 0.170. The summed E-state index contributed by atoms with van der Waals surface area (Å²) in [6.45, 7) is 6.53. The highest BCUT2D eigenvalue weighted by Crippen LogP contribution is 2.47. The molecular formula is C26H33FN2O. The van der Waals surface area contributed by atoms with Crippen LogP contribution in [0.3, 0.4) is 0 Å². The molecule has 0 N–H and O–H groups in total. The molecule has 2 saturated heterocycles. The van der Waals surface area contributed by atoms with Crippen LogP contribution in [-0.4, -0.2) is 49.1 Å². The number of halogens is 1. The summed E-state index contributed by atoms with van der Waals surface area (Å²) in [5.41, 5.74) is 3.94. The van der Waals surface area contributed by atoms with Gasteiger partial charge in [0.1, 0.15) is 11.6 Å². The second-order valence-corrected chi connectivity index (χ2v) is 9.12. The highest BCUT2D eigenvalue weighted by atomic mass is 19.1. The number of hydrogen-bond donors (Lipinski definition) is 0. The van der Waals surface area contributed by atoms with E-state index in [9.17, 15) is 4.39 Å². The quantitative estimate of drug-likeness (QED) is 0.598. The number of fused-ring (bicyclic) bond motifs is 3. The maximum atomic E-state index is 13.6. The van der Waals surface area contributed by atoms with Gasteiger partial charge in [-0.25, -0.2) is 4.39 Å². The molecule has 2 fully saturated rings. The first-order valence-electron chi connectivity index (χ1n) is 11.8. The van der Waals surface area contributed by atoms with Crippen LogP contribution < -0.4 is 4.74 Å². The van der Waals surface area contributed by atoms with Crippen LogP contribution in [0.4, 0.5) is 4.39 Å². The molecule has 4 heteroatoms. The molecule has 2 aromatic carbocycles. The summed E-state index contributed by atoms with van der Waals surface area (Å²) in [7, 11) is 0. The average molecular weight is 409 g/mol. The lowest BCUT2D eigenvalue weighted by Crippen LogP contribution is -2.35. The van der Waals surface area contributed by atoms with Crippen LogP contribution in [0.1, 0.15) is 67.2 Å². The van der Waals surface area contributed by atoms with Crippen molar-refractivity contribution in [3.05, 3.63) is 65.0 Å². The first kappa shape index (κ1) is 20.0. The summed E-state index contributed by atoms with van der Waals surface area (Å²) in [5.74, 6) is 1.11. The molecule has 2 aromatic rings. The van der Waals surface area contributed by atoms with Crippen LogP contribution in [0.15, 0.2) is 42.5 Å². The van der Waals surface area contributed by atoms with Crippen LogP contribution >= 0.6 is 0 Å². The molecule has 0 amide bonds. The molecule has 0 aromatic heterocycles. The molecule has 0 unspecified atom stereocenters. The van der Waals surface area contributed by atoms with Gasteiger partial charge in [-0.2, -0.15) is 0 Å². The fourth-order valence-electron chi connectivity index (χ4n) is 5.69. The highest BCUT2D eigenvalue weighted by Gasteiger charge is 2.38. The van der Waals surface area contributed by atoms with E-state index in [4.69, 9.17) is 4.74 Å². The van der Waals surface area contributed by atoms with Crippen molar-refractivity contribution in [2.24, 2.45) is 0 Å². The van der Waals surface area contributed by atoms with E-state index < -0.39 is 0 Å².